The predicted molar refractivity (Wildman–Crippen MR) is 50.0 cm³/mol. The molecule has 3 N–H and O–H groups in total. The minimum absolute atomic E-state index is 0.286. The molecule has 0 saturated carbocycles. The smallest absolute Gasteiger partial charge is 0.200 e. The first-order valence-corrected chi connectivity index (χ1v) is 3.80. The van der Waals surface area contributed by atoms with E-state index in [-0.39, 0.29) is 6.04 Å². The van der Waals surface area contributed by atoms with Gasteiger partial charge in [-0.05, 0) is 13.8 Å². The second kappa shape index (κ2) is 2.89. The van der Waals surface area contributed by atoms with Crippen LogP contribution in [-0.4, -0.2) is 16.9 Å². The van der Waals surface area contributed by atoms with Crippen molar-refractivity contribution in [1.82, 2.24) is 10.2 Å². The fourth-order valence-electron chi connectivity index (χ4n) is 1.19. The summed E-state index contributed by atoms with van der Waals surface area (Å²) in [4.78, 5) is 5.88. The van der Waals surface area contributed by atoms with Crippen LogP contribution < -0.4 is 11.1 Å². The van der Waals surface area contributed by atoms with Gasteiger partial charge in [-0.3, -0.25) is 0 Å². The maximum absolute atomic E-state index is 5.47. The summed E-state index contributed by atoms with van der Waals surface area (Å²) < 4.78 is 0. The fraction of sp³-hybridized carbons (Fsp3) is 0.375. The molecule has 0 amide bonds. The van der Waals surface area contributed by atoms with Gasteiger partial charge in [0.2, 0.25) is 5.96 Å². The number of hydrogen-bond donors (Lipinski definition) is 2. The molecule has 12 heavy (non-hydrogen) atoms. The first-order chi connectivity index (χ1) is 5.52. The third kappa shape index (κ3) is 1.42. The average molecular weight is 166 g/mol. The summed E-state index contributed by atoms with van der Waals surface area (Å²) in [5.41, 5.74) is 5.47. The molecule has 0 aromatic rings. The minimum Gasteiger partial charge on any atom is -0.369 e. The first-order valence-electron chi connectivity index (χ1n) is 3.80. The topological polar surface area (TPSA) is 53.6 Å². The molecule has 0 radical (unpaired) electrons. The summed E-state index contributed by atoms with van der Waals surface area (Å²) in [5.74, 6) is 1.70. The van der Waals surface area contributed by atoms with Crippen LogP contribution in [0.4, 0.5) is 0 Å². The molecule has 1 rings (SSSR count). The Hall–Kier alpha value is -1.45. The monoisotopic (exact) mass is 166 g/mol. The van der Waals surface area contributed by atoms with E-state index < -0.39 is 0 Å². The van der Waals surface area contributed by atoms with E-state index in [0.717, 1.165) is 5.82 Å². The Morgan fingerprint density at radius 3 is 2.50 bits per heavy atom. The van der Waals surface area contributed by atoms with Crippen molar-refractivity contribution in [1.29, 1.82) is 0 Å². The Morgan fingerprint density at radius 1 is 1.50 bits per heavy atom. The maximum atomic E-state index is 5.47. The highest BCUT2D eigenvalue weighted by Crippen LogP contribution is 2.16. The van der Waals surface area contributed by atoms with E-state index in [2.05, 4.69) is 23.5 Å². The summed E-state index contributed by atoms with van der Waals surface area (Å²) in [5, 5.41) is 2.84. The van der Waals surface area contributed by atoms with Gasteiger partial charge in [-0.1, -0.05) is 13.2 Å². The van der Waals surface area contributed by atoms with Crippen LogP contribution in [0.5, 0.6) is 0 Å². The summed E-state index contributed by atoms with van der Waals surface area (Å²) in [6.07, 6.45) is 0. The number of hydrogen-bond acceptors (Lipinski definition) is 4. The average Bonchev–Trinajstić information content (AvgIpc) is 1.82. The summed E-state index contributed by atoms with van der Waals surface area (Å²) in [7, 11) is 0. The number of aliphatic imine (C=N–C) groups is 1. The van der Waals surface area contributed by atoms with E-state index in [1.807, 2.05) is 18.7 Å². The van der Waals surface area contributed by atoms with Gasteiger partial charge in [-0.25, -0.2) is 0 Å². The van der Waals surface area contributed by atoms with Crippen molar-refractivity contribution < 1.29 is 0 Å². The molecule has 0 aliphatic carbocycles. The molecule has 66 valence electrons. The Balaban J connectivity index is 2.91. The normalized spacial score (nSPS) is 17.9. The molecule has 1 aliphatic rings. The molecular weight excluding hydrogens is 152 g/mol. The molecule has 1 heterocycles. The zero-order chi connectivity index (χ0) is 9.30. The SMILES string of the molecule is C=C1N=C(N)NC(=C)N1C(C)C. The van der Waals surface area contributed by atoms with Gasteiger partial charge in [0.1, 0.15) is 11.6 Å². The zero-order valence-electron chi connectivity index (χ0n) is 7.46. The fourth-order valence-corrected chi connectivity index (χ4v) is 1.19. The van der Waals surface area contributed by atoms with Crippen molar-refractivity contribution in [2.45, 2.75) is 19.9 Å². The molecule has 0 fully saturated rings. The van der Waals surface area contributed by atoms with Crippen molar-refractivity contribution in [3.8, 4) is 0 Å². The molecule has 0 aromatic carbocycles. The third-order valence-corrected chi connectivity index (χ3v) is 1.61. The van der Waals surface area contributed by atoms with E-state index in [4.69, 9.17) is 5.73 Å². The van der Waals surface area contributed by atoms with Crippen LogP contribution in [0.1, 0.15) is 13.8 Å². The van der Waals surface area contributed by atoms with Crippen molar-refractivity contribution >= 4 is 5.96 Å². The second-order valence-corrected chi connectivity index (χ2v) is 2.95. The lowest BCUT2D eigenvalue weighted by Crippen LogP contribution is -2.45. The molecule has 0 aromatic heterocycles. The predicted octanol–water partition coefficient (Wildman–Crippen LogP) is 0.557. The van der Waals surface area contributed by atoms with Crippen molar-refractivity contribution in [2.24, 2.45) is 10.7 Å². The maximum Gasteiger partial charge on any atom is 0.200 e. The molecular formula is C8H14N4. The Kier molecular flexibility index (Phi) is 2.08. The summed E-state index contributed by atoms with van der Waals surface area (Å²) in [6, 6.07) is 0.286. The lowest BCUT2D eigenvalue weighted by Gasteiger charge is -2.33. The van der Waals surface area contributed by atoms with Crippen LogP contribution in [0.3, 0.4) is 0 Å². The van der Waals surface area contributed by atoms with Crippen LogP contribution in [0.2, 0.25) is 0 Å². The van der Waals surface area contributed by atoms with Gasteiger partial charge in [0.25, 0.3) is 0 Å². The molecule has 0 saturated heterocycles. The minimum atomic E-state index is 0.286. The number of guanidine groups is 1. The Morgan fingerprint density at radius 2 is 2.08 bits per heavy atom. The number of nitrogens with two attached hydrogens (primary N) is 1. The van der Waals surface area contributed by atoms with Gasteiger partial charge in [-0.2, -0.15) is 4.99 Å². The highest BCUT2D eigenvalue weighted by Gasteiger charge is 2.19. The third-order valence-electron chi connectivity index (χ3n) is 1.61. The summed E-state index contributed by atoms with van der Waals surface area (Å²) in [6.45, 7) is 11.7. The number of nitrogens with one attached hydrogen (secondary N) is 1. The van der Waals surface area contributed by atoms with Crippen molar-refractivity contribution in [3.63, 3.8) is 0 Å². The molecule has 0 spiro atoms. The largest absolute Gasteiger partial charge is 0.369 e. The lowest BCUT2D eigenvalue weighted by molar-refractivity contribution is 0.332. The van der Waals surface area contributed by atoms with E-state index in [1.165, 1.54) is 0 Å². The highest BCUT2D eigenvalue weighted by molar-refractivity contribution is 5.81. The Labute approximate surface area is 72.5 Å². The lowest BCUT2D eigenvalue weighted by atomic mass is 10.3. The van der Waals surface area contributed by atoms with Crippen LogP contribution in [0.15, 0.2) is 29.8 Å². The number of rotatable bonds is 1. The summed E-state index contributed by atoms with van der Waals surface area (Å²) >= 11 is 0. The van der Waals surface area contributed by atoms with Crippen molar-refractivity contribution in [3.05, 3.63) is 24.8 Å². The van der Waals surface area contributed by atoms with E-state index in [9.17, 15) is 0 Å². The second-order valence-electron chi connectivity index (χ2n) is 2.95. The van der Waals surface area contributed by atoms with Crippen LogP contribution in [0, 0.1) is 0 Å². The van der Waals surface area contributed by atoms with E-state index in [1.54, 1.807) is 0 Å². The van der Waals surface area contributed by atoms with Crippen LogP contribution in [-0.2, 0) is 0 Å². The molecule has 4 heteroatoms. The molecule has 0 bridgehead atoms. The quantitative estimate of drug-likeness (QED) is 0.598. The van der Waals surface area contributed by atoms with Gasteiger partial charge < -0.3 is 16.0 Å². The molecule has 1 aliphatic heterocycles. The van der Waals surface area contributed by atoms with E-state index >= 15 is 0 Å². The van der Waals surface area contributed by atoms with Gasteiger partial charge in [0.15, 0.2) is 0 Å². The van der Waals surface area contributed by atoms with Crippen LogP contribution >= 0.6 is 0 Å². The van der Waals surface area contributed by atoms with Gasteiger partial charge in [0.05, 0.1) is 0 Å². The molecule has 4 nitrogen and oxygen atoms in total. The first kappa shape index (κ1) is 8.64. The highest BCUT2D eigenvalue weighted by atomic mass is 15.4. The van der Waals surface area contributed by atoms with E-state index in [0.29, 0.717) is 11.8 Å². The standard InChI is InChI=1S/C8H14N4/c1-5(2)12-6(3)10-8(9)11-7(12)4/h5H,3-4H2,1-2H3,(H3,9,10,11). The van der Waals surface area contributed by atoms with Crippen molar-refractivity contribution in [2.75, 3.05) is 0 Å². The van der Waals surface area contributed by atoms with Gasteiger partial charge in [0, 0.05) is 6.04 Å². The van der Waals surface area contributed by atoms with Gasteiger partial charge >= 0.3 is 0 Å². The Bertz CT molecular complexity index is 252. The number of nitrogens with zero attached hydrogens (tertiary/aromatic N) is 2. The van der Waals surface area contributed by atoms with Crippen LogP contribution in [0.25, 0.3) is 0 Å². The molecule has 0 atom stereocenters. The van der Waals surface area contributed by atoms with Gasteiger partial charge in [-0.15, -0.1) is 0 Å². The molecule has 0 unspecified atom stereocenters. The zero-order valence-corrected chi connectivity index (χ0v) is 7.46.